The average molecular weight is 274 g/mol. The first kappa shape index (κ1) is 14.1. The number of aryl methyl sites for hydroxylation is 2. The van der Waals surface area contributed by atoms with Crippen LogP contribution in [-0.4, -0.2) is 27.2 Å². The maximum atomic E-state index is 4.28. The fourth-order valence-corrected chi connectivity index (χ4v) is 2.08. The monoisotopic (exact) mass is 274 g/mol. The zero-order valence-electron chi connectivity index (χ0n) is 12.5. The van der Waals surface area contributed by atoms with Crippen molar-refractivity contribution in [1.29, 1.82) is 0 Å². The third-order valence-electron chi connectivity index (χ3n) is 3.33. The highest BCUT2D eigenvalue weighted by molar-refractivity contribution is 5.34. The minimum absolute atomic E-state index is 0.384. The number of rotatable bonds is 4. The van der Waals surface area contributed by atoms with Gasteiger partial charge in [-0.15, -0.1) is 9.80 Å². The Labute approximate surface area is 118 Å². The molecule has 7 heteroatoms. The van der Waals surface area contributed by atoms with Gasteiger partial charge >= 0.3 is 0 Å². The summed E-state index contributed by atoms with van der Waals surface area (Å²) in [6, 6.07) is 9.65. The molecule has 0 aliphatic carbocycles. The SMILES string of the molecule is CN(N=Nc1ccccc1)C(C)(C)c1n(C)nn[n+]1C. The van der Waals surface area contributed by atoms with Crippen LogP contribution in [0.3, 0.4) is 0 Å². The van der Waals surface area contributed by atoms with Crippen LogP contribution in [0.1, 0.15) is 19.7 Å². The maximum Gasteiger partial charge on any atom is 0.283 e. The highest BCUT2D eigenvalue weighted by Crippen LogP contribution is 2.24. The lowest BCUT2D eigenvalue weighted by Gasteiger charge is -2.28. The van der Waals surface area contributed by atoms with Crippen LogP contribution in [0, 0.1) is 0 Å². The van der Waals surface area contributed by atoms with Crippen LogP contribution >= 0.6 is 0 Å². The van der Waals surface area contributed by atoms with Crippen molar-refractivity contribution in [2.24, 2.45) is 24.4 Å². The summed E-state index contributed by atoms with van der Waals surface area (Å²) >= 11 is 0. The molecule has 0 saturated carbocycles. The van der Waals surface area contributed by atoms with Crippen molar-refractivity contribution in [2.75, 3.05) is 7.05 Å². The molecule has 20 heavy (non-hydrogen) atoms. The second kappa shape index (κ2) is 5.36. The van der Waals surface area contributed by atoms with Gasteiger partial charge in [-0.25, -0.2) is 0 Å². The molecule has 0 bridgehead atoms. The largest absolute Gasteiger partial charge is 0.283 e. The molecule has 0 radical (unpaired) electrons. The quantitative estimate of drug-likeness (QED) is 0.482. The predicted molar refractivity (Wildman–Crippen MR) is 73.9 cm³/mol. The Morgan fingerprint density at radius 3 is 2.45 bits per heavy atom. The molecule has 0 amide bonds. The summed E-state index contributed by atoms with van der Waals surface area (Å²) in [5.74, 6) is 0.937. The molecule has 106 valence electrons. The molecule has 0 fully saturated rings. The highest BCUT2D eigenvalue weighted by Gasteiger charge is 2.37. The fraction of sp³-hybridized carbons (Fsp3) is 0.462. The van der Waals surface area contributed by atoms with Crippen LogP contribution in [0.2, 0.25) is 0 Å². The summed E-state index contributed by atoms with van der Waals surface area (Å²) in [6.07, 6.45) is 0. The number of aromatic nitrogens is 4. The van der Waals surface area contributed by atoms with Crippen molar-refractivity contribution in [1.82, 2.24) is 20.1 Å². The molecule has 0 N–H and O–H groups in total. The summed E-state index contributed by atoms with van der Waals surface area (Å²) in [4.78, 5) is 0. The summed E-state index contributed by atoms with van der Waals surface area (Å²) < 4.78 is 3.49. The fourth-order valence-electron chi connectivity index (χ4n) is 2.08. The van der Waals surface area contributed by atoms with E-state index < -0.39 is 0 Å². The van der Waals surface area contributed by atoms with Gasteiger partial charge in [0.15, 0.2) is 5.21 Å². The first-order chi connectivity index (χ1) is 9.43. The normalized spacial score (nSPS) is 12.1. The first-order valence-corrected chi connectivity index (χ1v) is 6.40. The van der Waals surface area contributed by atoms with Gasteiger partial charge in [0.05, 0.1) is 19.8 Å². The van der Waals surface area contributed by atoms with E-state index in [1.54, 1.807) is 14.4 Å². The molecule has 0 aliphatic heterocycles. The molecular formula is C13H20N7+. The van der Waals surface area contributed by atoms with E-state index in [0.717, 1.165) is 11.5 Å². The van der Waals surface area contributed by atoms with Crippen LogP contribution in [0.25, 0.3) is 0 Å². The molecule has 0 saturated heterocycles. The van der Waals surface area contributed by atoms with Crippen molar-refractivity contribution in [3.8, 4) is 0 Å². The van der Waals surface area contributed by atoms with Crippen LogP contribution < -0.4 is 4.68 Å². The second-order valence-electron chi connectivity index (χ2n) is 5.16. The second-order valence-corrected chi connectivity index (χ2v) is 5.16. The molecule has 2 rings (SSSR count). The zero-order chi connectivity index (χ0) is 14.8. The number of hydrogen-bond acceptors (Lipinski definition) is 4. The summed E-state index contributed by atoms with van der Waals surface area (Å²) in [5.41, 5.74) is 0.438. The first-order valence-electron chi connectivity index (χ1n) is 6.40. The Morgan fingerprint density at radius 2 is 1.90 bits per heavy atom. The minimum atomic E-state index is -0.384. The van der Waals surface area contributed by atoms with Gasteiger partial charge in [-0.05, 0) is 26.0 Å². The smallest absolute Gasteiger partial charge is 0.265 e. The van der Waals surface area contributed by atoms with E-state index in [1.807, 2.05) is 51.5 Å². The molecule has 7 nitrogen and oxygen atoms in total. The third-order valence-corrected chi connectivity index (χ3v) is 3.33. The average Bonchev–Trinajstić information content (AvgIpc) is 2.77. The van der Waals surface area contributed by atoms with Crippen molar-refractivity contribution in [3.05, 3.63) is 36.2 Å². The lowest BCUT2D eigenvalue weighted by atomic mass is 10.0. The van der Waals surface area contributed by atoms with Crippen molar-refractivity contribution in [3.63, 3.8) is 0 Å². The van der Waals surface area contributed by atoms with E-state index in [1.165, 1.54) is 0 Å². The van der Waals surface area contributed by atoms with Crippen molar-refractivity contribution < 1.29 is 4.68 Å². The molecule has 0 spiro atoms. The number of benzene rings is 1. The summed E-state index contributed by atoms with van der Waals surface area (Å²) in [6.45, 7) is 4.10. The Morgan fingerprint density at radius 1 is 1.25 bits per heavy atom. The van der Waals surface area contributed by atoms with Crippen LogP contribution in [-0.2, 0) is 19.6 Å². The van der Waals surface area contributed by atoms with Crippen LogP contribution in [0.4, 0.5) is 5.69 Å². The molecule has 1 heterocycles. The third kappa shape index (κ3) is 2.66. The number of hydrogen-bond donors (Lipinski definition) is 0. The Balaban J connectivity index is 2.24. The van der Waals surface area contributed by atoms with Gasteiger partial charge in [0, 0.05) is 7.05 Å². The van der Waals surface area contributed by atoms with Gasteiger partial charge in [-0.1, -0.05) is 28.1 Å². The molecule has 0 unspecified atom stereocenters. The molecule has 1 aromatic heterocycles. The number of tetrazole rings is 1. The standard InChI is InChI=1S/C13H20N7/c1-13(2,12-18(3)16-17-19(12)4)20(5)15-14-11-9-7-6-8-10-11/h6-10H,1-5H3/q+1. The van der Waals surface area contributed by atoms with Gasteiger partial charge in [0.1, 0.15) is 10.8 Å². The molecule has 0 aliphatic rings. The van der Waals surface area contributed by atoms with Crippen LogP contribution in [0.5, 0.6) is 0 Å². The maximum absolute atomic E-state index is 4.28. The Bertz CT molecular complexity index is 581. The van der Waals surface area contributed by atoms with Crippen LogP contribution in [0.15, 0.2) is 40.7 Å². The van der Waals surface area contributed by atoms with E-state index in [2.05, 4.69) is 34.6 Å². The predicted octanol–water partition coefficient (Wildman–Crippen LogP) is 1.51. The summed E-state index contributed by atoms with van der Waals surface area (Å²) in [7, 11) is 5.62. The molecular weight excluding hydrogens is 254 g/mol. The van der Waals surface area contributed by atoms with Gasteiger partial charge in [0.2, 0.25) is 0 Å². The van der Waals surface area contributed by atoms with Gasteiger partial charge in [-0.2, -0.15) is 0 Å². The molecule has 1 aromatic carbocycles. The van der Waals surface area contributed by atoms with E-state index >= 15 is 0 Å². The van der Waals surface area contributed by atoms with E-state index in [-0.39, 0.29) is 5.54 Å². The van der Waals surface area contributed by atoms with E-state index in [9.17, 15) is 0 Å². The molecule has 2 aromatic rings. The highest BCUT2D eigenvalue weighted by atomic mass is 15.6. The Hall–Kier alpha value is -2.31. The van der Waals surface area contributed by atoms with E-state index in [4.69, 9.17) is 0 Å². The van der Waals surface area contributed by atoms with Gasteiger partial charge in [0.25, 0.3) is 5.82 Å². The minimum Gasteiger partial charge on any atom is -0.265 e. The van der Waals surface area contributed by atoms with Gasteiger partial charge < -0.3 is 0 Å². The number of nitrogens with zero attached hydrogens (tertiary/aromatic N) is 7. The van der Waals surface area contributed by atoms with Gasteiger partial charge in [-0.3, -0.25) is 5.01 Å². The van der Waals surface area contributed by atoms with Crippen molar-refractivity contribution in [2.45, 2.75) is 19.4 Å². The lowest BCUT2D eigenvalue weighted by molar-refractivity contribution is -0.743. The topological polar surface area (TPSA) is 62.6 Å². The lowest BCUT2D eigenvalue weighted by Crippen LogP contribution is -2.48. The zero-order valence-corrected chi connectivity index (χ0v) is 12.5. The van der Waals surface area contributed by atoms with E-state index in [0.29, 0.717) is 0 Å². The molecule has 0 atom stereocenters. The van der Waals surface area contributed by atoms with Crippen molar-refractivity contribution >= 4 is 5.69 Å². The Kier molecular flexibility index (Phi) is 3.78. The summed E-state index contributed by atoms with van der Waals surface area (Å²) in [5, 5.41) is 18.3.